The summed E-state index contributed by atoms with van der Waals surface area (Å²) in [7, 11) is 3.44. The topological polar surface area (TPSA) is 119 Å². The van der Waals surface area contributed by atoms with Crippen molar-refractivity contribution < 1.29 is 37.4 Å². The number of carbonyl (C=O) groups excluding carboxylic acids is 3. The van der Waals surface area contributed by atoms with E-state index in [0.29, 0.717) is 17.9 Å². The first kappa shape index (κ1) is 35.6. The summed E-state index contributed by atoms with van der Waals surface area (Å²) in [5.41, 5.74) is 2.79. The minimum Gasteiger partial charge on any atom is -0.444 e. The molecule has 2 aromatic heterocycles. The smallest absolute Gasteiger partial charge is 0.416 e. The molecular weight excluding hydrogens is 641 g/mol. The molecule has 0 bridgehead atoms. The van der Waals surface area contributed by atoms with Gasteiger partial charge in [0.1, 0.15) is 23.5 Å². The first-order valence-corrected chi connectivity index (χ1v) is 15.9. The van der Waals surface area contributed by atoms with Crippen molar-refractivity contribution in [3.8, 4) is 0 Å². The van der Waals surface area contributed by atoms with Gasteiger partial charge < -0.3 is 19.6 Å². The molecule has 1 N–H and O–H groups in total. The molecule has 0 spiro atoms. The van der Waals surface area contributed by atoms with E-state index < -0.39 is 47.3 Å². The number of hydrogen-bond acceptors (Lipinski definition) is 8. The number of para-hydroxylation sites is 1. The normalized spacial score (nSPS) is 17.7. The van der Waals surface area contributed by atoms with E-state index in [2.05, 4.69) is 9.97 Å². The minimum absolute atomic E-state index is 0.00435. The number of aliphatic hydroxyl groups excluding tert-OH is 1. The highest BCUT2D eigenvalue weighted by Crippen LogP contribution is 2.38. The highest BCUT2D eigenvalue weighted by molar-refractivity contribution is 6.09. The summed E-state index contributed by atoms with van der Waals surface area (Å²) in [6, 6.07) is 7.46. The number of aromatic nitrogens is 2. The second-order valence-corrected chi connectivity index (χ2v) is 13.6. The van der Waals surface area contributed by atoms with Crippen LogP contribution in [0.25, 0.3) is 0 Å². The van der Waals surface area contributed by atoms with Crippen molar-refractivity contribution in [3.63, 3.8) is 0 Å². The number of halogens is 3. The number of hydrogen-bond donors (Lipinski definition) is 1. The summed E-state index contributed by atoms with van der Waals surface area (Å²) in [5, 5.41) is 10.1. The molecule has 5 rings (SSSR count). The maximum atomic E-state index is 14.0. The minimum atomic E-state index is -4.64. The molecule has 3 amide bonds. The van der Waals surface area contributed by atoms with E-state index in [1.165, 1.54) is 16.7 Å². The fraction of sp³-hybridized carbons (Fsp3) is 0.457. The van der Waals surface area contributed by atoms with Crippen LogP contribution in [0.5, 0.6) is 0 Å². The highest BCUT2D eigenvalue weighted by Gasteiger charge is 2.42. The van der Waals surface area contributed by atoms with Gasteiger partial charge in [0.15, 0.2) is 0 Å². The lowest BCUT2D eigenvalue weighted by molar-refractivity contribution is -0.137. The zero-order valence-electron chi connectivity index (χ0n) is 28.6. The van der Waals surface area contributed by atoms with Crippen LogP contribution in [0, 0.1) is 13.8 Å². The molecule has 1 saturated heterocycles. The fourth-order valence-electron chi connectivity index (χ4n) is 6.47. The molecule has 3 aromatic rings. The molecule has 0 radical (unpaired) electrons. The molecule has 2 aliphatic rings. The Kier molecular flexibility index (Phi) is 9.66. The van der Waals surface area contributed by atoms with Crippen LogP contribution in [0.3, 0.4) is 0 Å². The maximum Gasteiger partial charge on any atom is 0.416 e. The molecule has 2 atom stereocenters. The van der Waals surface area contributed by atoms with E-state index in [9.17, 15) is 32.7 Å². The highest BCUT2D eigenvalue weighted by atomic mass is 19.4. The van der Waals surface area contributed by atoms with Crippen LogP contribution in [-0.4, -0.2) is 70.2 Å². The summed E-state index contributed by atoms with van der Waals surface area (Å²) < 4.78 is 46.4. The van der Waals surface area contributed by atoms with E-state index in [-0.39, 0.29) is 37.5 Å². The lowest BCUT2D eigenvalue weighted by Crippen LogP contribution is -2.46. The fourth-order valence-corrected chi connectivity index (χ4v) is 6.47. The summed E-state index contributed by atoms with van der Waals surface area (Å²) in [4.78, 5) is 54.6. The zero-order chi connectivity index (χ0) is 36.0. The Labute approximate surface area is 283 Å². The van der Waals surface area contributed by atoms with E-state index in [1.807, 2.05) is 31.0 Å². The standard InChI is InChI=1S/C35H41F3N6O5/c1-20-9-8-10-25(42(7)32(47)26-11-12-29(46)44(26)28-15-24(35(36,37)38)13-21(2)40-28)31(20)41(6)17-22-14-23-18-43(33(48)49-34(3,4)5)27(19-45)30(23)39-16-22/h8-10,13-16,26-27,45H,11-12,17-19H2,1-7H3/t26-,27?/m0/s1. The van der Waals surface area contributed by atoms with Crippen LogP contribution in [0.1, 0.15) is 73.3 Å². The predicted molar refractivity (Wildman–Crippen MR) is 177 cm³/mol. The number of aliphatic hydroxyl groups is 1. The van der Waals surface area contributed by atoms with Crippen LogP contribution >= 0.6 is 0 Å². The number of nitrogens with zero attached hydrogens (tertiary/aromatic N) is 6. The Morgan fingerprint density at radius 3 is 2.47 bits per heavy atom. The van der Waals surface area contributed by atoms with Gasteiger partial charge in [-0.2, -0.15) is 13.2 Å². The molecule has 0 saturated carbocycles. The average Bonchev–Trinajstić information content (AvgIpc) is 3.58. The van der Waals surface area contributed by atoms with Crippen LogP contribution in [-0.2, 0) is 33.6 Å². The average molecular weight is 683 g/mol. The number of ether oxygens (including phenoxy) is 1. The van der Waals surface area contributed by atoms with Crippen LogP contribution in [0.15, 0.2) is 42.6 Å². The lowest BCUT2D eigenvalue weighted by atomic mass is 10.1. The van der Waals surface area contributed by atoms with E-state index in [1.54, 1.807) is 46.1 Å². The first-order chi connectivity index (χ1) is 22.9. The van der Waals surface area contributed by atoms with Gasteiger partial charge in [0, 0.05) is 39.0 Å². The van der Waals surface area contributed by atoms with Crippen molar-refractivity contribution in [1.82, 2.24) is 14.9 Å². The van der Waals surface area contributed by atoms with Gasteiger partial charge in [-0.25, -0.2) is 9.78 Å². The Morgan fingerprint density at radius 1 is 1.10 bits per heavy atom. The third kappa shape index (κ3) is 7.33. The molecule has 1 aromatic carbocycles. The number of rotatable bonds is 7. The molecule has 11 nitrogen and oxygen atoms in total. The summed E-state index contributed by atoms with van der Waals surface area (Å²) >= 11 is 0. The van der Waals surface area contributed by atoms with Crippen molar-refractivity contribution >= 4 is 35.1 Å². The molecule has 0 aliphatic carbocycles. The first-order valence-electron chi connectivity index (χ1n) is 15.9. The number of fused-ring (bicyclic) bond motifs is 1. The van der Waals surface area contributed by atoms with Crippen LogP contribution < -0.4 is 14.7 Å². The van der Waals surface area contributed by atoms with Crippen LogP contribution in [0.2, 0.25) is 0 Å². The van der Waals surface area contributed by atoms with Gasteiger partial charge in [0.2, 0.25) is 11.8 Å². The SMILES string of the molecule is Cc1cc(C(F)(F)F)cc(N2C(=O)CC[C@H]2C(=O)N(C)c2cccc(C)c2N(C)Cc2cnc3c(c2)CN(C(=O)OC(C)(C)C)C3CO)n1. The van der Waals surface area contributed by atoms with Crippen molar-refractivity contribution in [1.29, 1.82) is 0 Å². The number of amides is 3. The second kappa shape index (κ2) is 13.3. The second-order valence-electron chi connectivity index (χ2n) is 13.6. The largest absolute Gasteiger partial charge is 0.444 e. The third-order valence-corrected chi connectivity index (χ3v) is 8.61. The van der Waals surface area contributed by atoms with Crippen molar-refractivity contribution in [2.24, 2.45) is 0 Å². The van der Waals surface area contributed by atoms with E-state index >= 15 is 0 Å². The van der Waals surface area contributed by atoms with Gasteiger partial charge in [-0.15, -0.1) is 0 Å². The molecule has 1 unspecified atom stereocenters. The quantitative estimate of drug-likeness (QED) is 0.338. The molecular formula is C35H41F3N6O5. The number of pyridine rings is 2. The zero-order valence-corrected chi connectivity index (χ0v) is 28.6. The molecule has 262 valence electrons. The molecule has 2 aliphatic heterocycles. The van der Waals surface area contributed by atoms with Gasteiger partial charge in [0.25, 0.3) is 0 Å². The van der Waals surface area contributed by atoms with E-state index in [0.717, 1.165) is 39.4 Å². The van der Waals surface area contributed by atoms with Gasteiger partial charge in [-0.3, -0.25) is 24.4 Å². The Balaban J connectivity index is 1.39. The third-order valence-electron chi connectivity index (χ3n) is 8.61. The number of anilines is 3. The molecule has 1 fully saturated rings. The maximum absolute atomic E-state index is 14.0. The van der Waals surface area contributed by atoms with Crippen LogP contribution in [0.4, 0.5) is 35.2 Å². The Bertz CT molecular complexity index is 1780. The van der Waals surface area contributed by atoms with Gasteiger partial charge in [-0.1, -0.05) is 12.1 Å². The van der Waals surface area contributed by atoms with Gasteiger partial charge >= 0.3 is 12.3 Å². The lowest BCUT2D eigenvalue weighted by Gasteiger charge is -2.32. The summed E-state index contributed by atoms with van der Waals surface area (Å²) in [6.45, 7) is 8.93. The number of alkyl halides is 3. The van der Waals surface area contributed by atoms with Crippen molar-refractivity contribution in [3.05, 3.63) is 76.2 Å². The van der Waals surface area contributed by atoms with Crippen molar-refractivity contribution in [2.45, 2.75) is 84.4 Å². The van der Waals surface area contributed by atoms with Gasteiger partial charge in [0.05, 0.1) is 35.8 Å². The number of benzene rings is 1. The Hall–Kier alpha value is -4.72. The molecule has 4 heterocycles. The number of likely N-dealkylation sites (N-methyl/N-ethyl adjacent to an activating group) is 1. The molecule has 49 heavy (non-hydrogen) atoms. The number of aryl methyl sites for hydroxylation is 2. The number of carbonyl (C=O) groups is 3. The molecule has 14 heteroatoms. The van der Waals surface area contributed by atoms with E-state index in [4.69, 9.17) is 4.74 Å². The predicted octanol–water partition coefficient (Wildman–Crippen LogP) is 5.69. The van der Waals surface area contributed by atoms with Crippen molar-refractivity contribution in [2.75, 3.05) is 35.4 Å². The Morgan fingerprint density at radius 2 is 1.82 bits per heavy atom. The monoisotopic (exact) mass is 682 g/mol. The summed E-state index contributed by atoms with van der Waals surface area (Å²) in [6.07, 6.45) is -3.37. The van der Waals surface area contributed by atoms with Gasteiger partial charge in [-0.05, 0) is 82.0 Å². The summed E-state index contributed by atoms with van der Waals surface area (Å²) in [5.74, 6) is -1.14.